The maximum absolute atomic E-state index is 13.1. The average Bonchev–Trinajstić information content (AvgIpc) is 2.81. The largest absolute Gasteiger partial charge is 0.405 e. The number of aliphatic imine (C=N–C) groups is 1. The van der Waals surface area contributed by atoms with E-state index in [1.54, 1.807) is 6.08 Å². The number of rotatable bonds is 1. The highest BCUT2D eigenvalue weighted by molar-refractivity contribution is 5.99. The van der Waals surface area contributed by atoms with E-state index in [4.69, 9.17) is 23.8 Å². The van der Waals surface area contributed by atoms with Gasteiger partial charge in [0, 0.05) is 29.0 Å². The summed E-state index contributed by atoms with van der Waals surface area (Å²) in [4.78, 5) is 33.3. The summed E-state index contributed by atoms with van der Waals surface area (Å²) in [5.74, 6) is -0.460. The summed E-state index contributed by atoms with van der Waals surface area (Å²) < 4.78 is 0. The average molecular weight is 368 g/mol. The van der Waals surface area contributed by atoms with Crippen LogP contribution in [0.15, 0.2) is 28.4 Å². The normalized spacial score (nSPS) is 48.5. The lowest BCUT2D eigenvalue weighted by atomic mass is 9.51. The van der Waals surface area contributed by atoms with E-state index in [0.29, 0.717) is 25.0 Å². The Bertz CT molecular complexity index is 870. The maximum Gasteiger partial charge on any atom is 0.405 e. The van der Waals surface area contributed by atoms with Crippen LogP contribution in [0.25, 0.3) is 4.85 Å². The molecule has 7 nitrogen and oxygen atoms in total. The quantitative estimate of drug-likeness (QED) is 0.588. The molecule has 3 unspecified atom stereocenters. The number of fused-ring (bicyclic) bond motifs is 5. The van der Waals surface area contributed by atoms with Crippen LogP contribution in [0.4, 0.5) is 0 Å². The number of carbonyl (C=O) groups is 2. The van der Waals surface area contributed by atoms with Crippen LogP contribution in [0.2, 0.25) is 0 Å². The Kier molecular flexibility index (Phi) is 3.59. The van der Waals surface area contributed by atoms with Crippen LogP contribution in [0.1, 0.15) is 32.6 Å². The lowest BCUT2D eigenvalue weighted by Gasteiger charge is -2.54. The zero-order valence-electron chi connectivity index (χ0n) is 15.5. The van der Waals surface area contributed by atoms with E-state index >= 15 is 0 Å². The Morgan fingerprint density at radius 3 is 2.70 bits per heavy atom. The molecule has 2 fully saturated rings. The highest BCUT2D eigenvalue weighted by Gasteiger charge is 2.74. The zero-order valence-corrected chi connectivity index (χ0v) is 15.5. The fourth-order valence-electron chi connectivity index (χ4n) is 6.30. The summed E-state index contributed by atoms with van der Waals surface area (Å²) in [6.45, 7) is 11.3. The van der Waals surface area contributed by atoms with Crippen LogP contribution in [-0.4, -0.2) is 35.5 Å². The number of carbonyl (C=O) groups excluding carboxylic acids is 2. The van der Waals surface area contributed by atoms with Gasteiger partial charge in [0.2, 0.25) is 5.78 Å². The highest BCUT2D eigenvalue weighted by Crippen LogP contribution is 2.62. The molecule has 142 valence electrons. The van der Waals surface area contributed by atoms with Crippen LogP contribution < -0.4 is 17.2 Å². The lowest BCUT2D eigenvalue weighted by molar-refractivity contribution is -0.132. The number of nitrogens with zero attached hydrogens (tertiary/aromatic N) is 2. The van der Waals surface area contributed by atoms with Gasteiger partial charge < -0.3 is 11.5 Å². The van der Waals surface area contributed by atoms with Gasteiger partial charge in [-0.15, -0.1) is 0 Å². The minimum Gasteiger partial charge on any atom is -0.399 e. The molecule has 0 radical (unpaired) electrons. The molecule has 0 aromatic rings. The van der Waals surface area contributed by atoms with Crippen molar-refractivity contribution in [2.75, 3.05) is 0 Å². The van der Waals surface area contributed by atoms with Gasteiger partial charge in [-0.1, -0.05) is 17.8 Å². The van der Waals surface area contributed by atoms with Crippen molar-refractivity contribution in [3.05, 3.63) is 28.3 Å². The Morgan fingerprint density at radius 2 is 2.07 bits per heavy atom. The van der Waals surface area contributed by atoms with Gasteiger partial charge in [-0.05, 0) is 43.9 Å². The number of nitrogens with two attached hydrogens (primary N) is 3. The standard InChI is InChI=1S/C20H26N5O2/c1-18-6-5-12-11(15(18)16(22)20(23,25-3)17(18)27)9-14(21)13-8-10(26)4-7-19(12,13)24-2/h3,8-9,11-12,15-16H,2,4-7,21-23H2,1H3/q+1/t11?,12?,15?,16-,18+,19+,20-/m1/s1. The second-order valence-electron chi connectivity index (χ2n) is 8.70. The summed E-state index contributed by atoms with van der Waals surface area (Å²) in [7, 11) is 0. The first-order chi connectivity index (χ1) is 12.7. The second-order valence-corrected chi connectivity index (χ2v) is 8.70. The lowest BCUT2D eigenvalue weighted by Crippen LogP contribution is -2.58. The van der Waals surface area contributed by atoms with Gasteiger partial charge in [0.25, 0.3) is 6.57 Å². The SMILES string of the molecule is C#[N+][C@@]1(N)C(=O)[C@@]2(C)CCC3C(C=C(N)C4=CC(=O)CC[C@@]43N=C)C2[C@H]1N. The molecule has 0 heterocycles. The van der Waals surface area contributed by atoms with Crippen LogP contribution >= 0.6 is 0 Å². The fourth-order valence-corrected chi connectivity index (χ4v) is 6.30. The molecule has 7 atom stereocenters. The van der Waals surface area contributed by atoms with E-state index in [1.165, 1.54) is 0 Å². The summed E-state index contributed by atoms with van der Waals surface area (Å²) in [6, 6.07) is -0.713. The second kappa shape index (κ2) is 5.37. The first kappa shape index (κ1) is 18.1. The van der Waals surface area contributed by atoms with Crippen molar-refractivity contribution >= 4 is 18.3 Å². The minimum atomic E-state index is -1.59. The Balaban J connectivity index is 1.90. The molecular formula is C20H26N5O2+. The van der Waals surface area contributed by atoms with E-state index in [0.717, 1.165) is 12.0 Å². The summed E-state index contributed by atoms with van der Waals surface area (Å²) in [5, 5.41) is 0. The molecule has 4 rings (SSSR count). The van der Waals surface area contributed by atoms with E-state index < -0.39 is 22.7 Å². The van der Waals surface area contributed by atoms with E-state index in [-0.39, 0.29) is 29.3 Å². The first-order valence-corrected chi connectivity index (χ1v) is 9.37. The Hall–Kier alpha value is -2.30. The van der Waals surface area contributed by atoms with Crippen molar-refractivity contribution in [2.24, 2.45) is 45.4 Å². The van der Waals surface area contributed by atoms with Crippen molar-refractivity contribution in [2.45, 2.75) is 49.9 Å². The van der Waals surface area contributed by atoms with Gasteiger partial charge >= 0.3 is 5.66 Å². The molecule has 0 bridgehead atoms. The molecule has 0 aromatic carbocycles. The van der Waals surface area contributed by atoms with Crippen molar-refractivity contribution in [3.63, 3.8) is 0 Å². The Labute approximate surface area is 158 Å². The van der Waals surface area contributed by atoms with Gasteiger partial charge in [-0.25, -0.2) is 5.73 Å². The summed E-state index contributed by atoms with van der Waals surface area (Å²) in [6.07, 6.45) is 5.88. The number of hydrogen-bond donors (Lipinski definition) is 3. The highest BCUT2D eigenvalue weighted by atomic mass is 16.1. The third kappa shape index (κ3) is 1.95. The molecule has 0 aliphatic heterocycles. The molecule has 0 saturated heterocycles. The van der Waals surface area contributed by atoms with Crippen LogP contribution in [0.3, 0.4) is 0 Å². The van der Waals surface area contributed by atoms with Gasteiger partial charge in [-0.3, -0.25) is 14.6 Å². The van der Waals surface area contributed by atoms with Crippen molar-refractivity contribution in [3.8, 4) is 6.57 Å². The van der Waals surface area contributed by atoms with Gasteiger partial charge in [0.1, 0.15) is 6.04 Å². The van der Waals surface area contributed by atoms with Gasteiger partial charge in [0.05, 0.1) is 5.54 Å². The minimum absolute atomic E-state index is 0.0513. The molecule has 27 heavy (non-hydrogen) atoms. The molecule has 7 heteroatoms. The fraction of sp³-hybridized carbons (Fsp3) is 0.600. The summed E-state index contributed by atoms with van der Waals surface area (Å²) in [5.41, 5.74) is 17.4. The maximum atomic E-state index is 13.1. The van der Waals surface area contributed by atoms with E-state index in [2.05, 4.69) is 16.6 Å². The van der Waals surface area contributed by atoms with Gasteiger partial charge in [0.15, 0.2) is 5.78 Å². The van der Waals surface area contributed by atoms with Crippen molar-refractivity contribution in [1.82, 2.24) is 0 Å². The Morgan fingerprint density at radius 1 is 1.37 bits per heavy atom. The third-order valence-corrected chi connectivity index (χ3v) is 7.68. The topological polar surface area (TPSA) is 129 Å². The van der Waals surface area contributed by atoms with Crippen molar-refractivity contribution < 1.29 is 9.59 Å². The van der Waals surface area contributed by atoms with Crippen LogP contribution in [0, 0.1) is 29.7 Å². The number of hydrogen-bond acceptors (Lipinski definition) is 6. The van der Waals surface area contributed by atoms with Crippen LogP contribution in [0.5, 0.6) is 0 Å². The predicted molar refractivity (Wildman–Crippen MR) is 103 cm³/mol. The number of ketones is 2. The molecule has 2 saturated carbocycles. The smallest absolute Gasteiger partial charge is 0.399 e. The van der Waals surface area contributed by atoms with Gasteiger partial charge in [-0.2, -0.15) is 0 Å². The number of Topliss-reactive ketones (excluding diaryl/α,β-unsaturated/α-hetero) is 1. The number of allylic oxidation sites excluding steroid dienone is 2. The molecule has 6 N–H and O–H groups in total. The molecule has 4 aliphatic rings. The van der Waals surface area contributed by atoms with E-state index in [9.17, 15) is 9.59 Å². The zero-order chi connectivity index (χ0) is 19.8. The molecular weight excluding hydrogens is 342 g/mol. The van der Waals surface area contributed by atoms with Crippen molar-refractivity contribution in [1.29, 1.82) is 0 Å². The monoisotopic (exact) mass is 368 g/mol. The molecule has 0 amide bonds. The summed E-state index contributed by atoms with van der Waals surface area (Å²) >= 11 is 0. The molecule has 0 aromatic heterocycles. The molecule has 0 spiro atoms. The first-order valence-electron chi connectivity index (χ1n) is 9.37. The third-order valence-electron chi connectivity index (χ3n) is 7.68. The predicted octanol–water partition coefficient (Wildman–Crippen LogP) is 0.748. The van der Waals surface area contributed by atoms with E-state index in [1.807, 2.05) is 13.0 Å². The molecule has 4 aliphatic carbocycles. The van der Waals surface area contributed by atoms with Crippen LogP contribution in [-0.2, 0) is 9.59 Å².